The maximum absolute atomic E-state index is 10.9. The molecule has 0 radical (unpaired) electrons. The Bertz CT molecular complexity index is 723. The molecule has 0 aliphatic carbocycles. The van der Waals surface area contributed by atoms with Gasteiger partial charge in [-0.2, -0.15) is 0 Å². The summed E-state index contributed by atoms with van der Waals surface area (Å²) < 4.78 is 0. The van der Waals surface area contributed by atoms with Gasteiger partial charge in [0.15, 0.2) is 0 Å². The molecular formula is C18H22N2O. The van der Waals surface area contributed by atoms with Crippen molar-refractivity contribution in [3.63, 3.8) is 0 Å². The van der Waals surface area contributed by atoms with E-state index in [9.17, 15) is 5.11 Å². The summed E-state index contributed by atoms with van der Waals surface area (Å²) in [6, 6.07) is 14.0. The molecule has 0 saturated heterocycles. The number of aromatic amines is 1. The van der Waals surface area contributed by atoms with E-state index in [0.29, 0.717) is 5.69 Å². The zero-order chi connectivity index (χ0) is 15.5. The quantitative estimate of drug-likeness (QED) is 0.741. The molecule has 3 rings (SSSR count). The zero-order valence-electron chi connectivity index (χ0n) is 13.0. The second kappa shape index (κ2) is 6.10. The maximum atomic E-state index is 10.9. The standard InChI is InChI=1S/C16H16N2O.C2H6/c1-11-15(18-10-17-11)16(2,19)14-9-5-7-12-6-3-4-8-13(12)14;1-2/h3-10,19H,1-2H3,(H,17,18);1-2H3. The minimum absolute atomic E-state index is 0.670. The van der Waals surface area contributed by atoms with Crippen LogP contribution in [-0.2, 0) is 5.60 Å². The fourth-order valence-corrected chi connectivity index (χ4v) is 2.63. The molecule has 0 saturated carbocycles. The summed E-state index contributed by atoms with van der Waals surface area (Å²) in [5.74, 6) is 0. The number of hydrogen-bond acceptors (Lipinski definition) is 2. The number of aliphatic hydroxyl groups is 1. The van der Waals surface area contributed by atoms with Gasteiger partial charge in [0, 0.05) is 5.69 Å². The number of benzene rings is 2. The van der Waals surface area contributed by atoms with E-state index >= 15 is 0 Å². The van der Waals surface area contributed by atoms with Crippen molar-refractivity contribution in [2.45, 2.75) is 33.3 Å². The topological polar surface area (TPSA) is 48.9 Å². The van der Waals surface area contributed by atoms with Crippen LogP contribution in [0, 0.1) is 6.92 Å². The second-order valence-electron chi connectivity index (χ2n) is 4.98. The average Bonchev–Trinajstić information content (AvgIpc) is 2.95. The van der Waals surface area contributed by atoms with Crippen LogP contribution in [0.1, 0.15) is 37.7 Å². The van der Waals surface area contributed by atoms with E-state index in [-0.39, 0.29) is 0 Å². The molecule has 0 bridgehead atoms. The average molecular weight is 282 g/mol. The van der Waals surface area contributed by atoms with Crippen LogP contribution in [0.3, 0.4) is 0 Å². The van der Waals surface area contributed by atoms with Crippen LogP contribution in [-0.4, -0.2) is 15.1 Å². The number of imidazole rings is 1. The first-order valence-electron chi connectivity index (χ1n) is 7.32. The molecule has 2 aromatic carbocycles. The van der Waals surface area contributed by atoms with E-state index in [4.69, 9.17) is 0 Å². The molecule has 3 nitrogen and oxygen atoms in total. The van der Waals surface area contributed by atoms with Crippen LogP contribution in [0.15, 0.2) is 48.8 Å². The van der Waals surface area contributed by atoms with Crippen LogP contribution in [0.25, 0.3) is 10.8 Å². The molecule has 1 unspecified atom stereocenters. The molecule has 1 heterocycles. The number of nitrogens with one attached hydrogen (secondary N) is 1. The Morgan fingerprint density at radius 1 is 1.05 bits per heavy atom. The highest BCUT2D eigenvalue weighted by molar-refractivity contribution is 5.86. The van der Waals surface area contributed by atoms with E-state index in [0.717, 1.165) is 22.0 Å². The molecule has 21 heavy (non-hydrogen) atoms. The highest BCUT2D eigenvalue weighted by Crippen LogP contribution is 2.34. The molecule has 0 aliphatic heterocycles. The van der Waals surface area contributed by atoms with Gasteiger partial charge in [-0.05, 0) is 30.2 Å². The van der Waals surface area contributed by atoms with Gasteiger partial charge in [0.2, 0.25) is 0 Å². The summed E-state index contributed by atoms with van der Waals surface area (Å²) in [5.41, 5.74) is 1.33. The zero-order valence-corrected chi connectivity index (χ0v) is 13.0. The van der Waals surface area contributed by atoms with Gasteiger partial charge in [-0.25, -0.2) is 4.98 Å². The number of fused-ring (bicyclic) bond motifs is 1. The first-order valence-corrected chi connectivity index (χ1v) is 7.32. The summed E-state index contributed by atoms with van der Waals surface area (Å²) in [4.78, 5) is 7.29. The normalized spacial score (nSPS) is 13.4. The lowest BCUT2D eigenvalue weighted by Crippen LogP contribution is -2.24. The Morgan fingerprint density at radius 2 is 1.71 bits per heavy atom. The molecule has 3 heteroatoms. The van der Waals surface area contributed by atoms with Crippen molar-refractivity contribution >= 4 is 10.8 Å². The highest BCUT2D eigenvalue weighted by Gasteiger charge is 2.31. The van der Waals surface area contributed by atoms with Crippen LogP contribution >= 0.6 is 0 Å². The number of hydrogen-bond donors (Lipinski definition) is 2. The van der Waals surface area contributed by atoms with E-state index in [2.05, 4.69) is 9.97 Å². The van der Waals surface area contributed by atoms with Gasteiger partial charge in [-0.3, -0.25) is 0 Å². The van der Waals surface area contributed by atoms with Gasteiger partial charge < -0.3 is 10.1 Å². The molecular weight excluding hydrogens is 260 g/mol. The largest absolute Gasteiger partial charge is 0.379 e. The van der Waals surface area contributed by atoms with Gasteiger partial charge in [0.05, 0.1) is 12.0 Å². The molecule has 2 N–H and O–H groups in total. The molecule has 3 aromatic rings. The van der Waals surface area contributed by atoms with Crippen molar-refractivity contribution < 1.29 is 5.11 Å². The lowest BCUT2D eigenvalue weighted by Gasteiger charge is -2.24. The smallest absolute Gasteiger partial charge is 0.131 e. The minimum Gasteiger partial charge on any atom is -0.379 e. The number of aromatic nitrogens is 2. The Kier molecular flexibility index (Phi) is 4.43. The first kappa shape index (κ1) is 15.3. The summed E-state index contributed by atoms with van der Waals surface area (Å²) in [7, 11) is 0. The van der Waals surface area contributed by atoms with Crippen molar-refractivity contribution in [2.75, 3.05) is 0 Å². The summed E-state index contributed by atoms with van der Waals surface area (Å²) >= 11 is 0. The van der Waals surface area contributed by atoms with Crippen LogP contribution < -0.4 is 0 Å². The summed E-state index contributed by atoms with van der Waals surface area (Å²) in [6.07, 6.45) is 1.62. The van der Waals surface area contributed by atoms with Crippen LogP contribution in [0.5, 0.6) is 0 Å². The molecule has 1 aromatic heterocycles. The van der Waals surface area contributed by atoms with Crippen LogP contribution in [0.4, 0.5) is 0 Å². The van der Waals surface area contributed by atoms with Crippen LogP contribution in [0.2, 0.25) is 0 Å². The second-order valence-corrected chi connectivity index (χ2v) is 4.98. The highest BCUT2D eigenvalue weighted by atomic mass is 16.3. The fourth-order valence-electron chi connectivity index (χ4n) is 2.63. The maximum Gasteiger partial charge on any atom is 0.131 e. The number of aryl methyl sites for hydroxylation is 1. The Labute approximate surface area is 125 Å². The fraction of sp³-hybridized carbons (Fsp3) is 0.278. The minimum atomic E-state index is -1.11. The Hall–Kier alpha value is -2.13. The van der Waals surface area contributed by atoms with Crippen molar-refractivity contribution in [1.29, 1.82) is 0 Å². The summed E-state index contributed by atoms with van der Waals surface area (Å²) in [5, 5.41) is 13.1. The lowest BCUT2D eigenvalue weighted by molar-refractivity contribution is 0.0987. The van der Waals surface area contributed by atoms with Gasteiger partial charge >= 0.3 is 0 Å². The molecule has 1 atom stereocenters. The molecule has 0 aliphatic rings. The molecule has 110 valence electrons. The van der Waals surface area contributed by atoms with Crippen molar-refractivity contribution in [2.24, 2.45) is 0 Å². The van der Waals surface area contributed by atoms with Gasteiger partial charge in [0.25, 0.3) is 0 Å². The number of nitrogens with zero attached hydrogens (tertiary/aromatic N) is 1. The first-order chi connectivity index (χ1) is 10.1. The Balaban J connectivity index is 0.000000774. The van der Waals surface area contributed by atoms with E-state index in [1.807, 2.05) is 63.2 Å². The van der Waals surface area contributed by atoms with E-state index in [1.54, 1.807) is 13.3 Å². The SMILES string of the molecule is CC.Cc1[nH]cnc1C(C)(O)c1cccc2ccccc12. The van der Waals surface area contributed by atoms with E-state index in [1.165, 1.54) is 0 Å². The molecule has 0 spiro atoms. The number of H-pyrrole nitrogens is 1. The molecule has 0 fully saturated rings. The van der Waals surface area contributed by atoms with Gasteiger partial charge in [-0.15, -0.1) is 0 Å². The lowest BCUT2D eigenvalue weighted by atomic mass is 9.87. The van der Waals surface area contributed by atoms with Crippen molar-refractivity contribution in [1.82, 2.24) is 9.97 Å². The third-order valence-corrected chi connectivity index (χ3v) is 3.61. The van der Waals surface area contributed by atoms with Gasteiger partial charge in [-0.1, -0.05) is 56.3 Å². The summed E-state index contributed by atoms with van der Waals surface area (Å²) in [6.45, 7) is 7.71. The predicted molar refractivity (Wildman–Crippen MR) is 87.3 cm³/mol. The van der Waals surface area contributed by atoms with Crippen molar-refractivity contribution in [3.05, 3.63) is 65.7 Å². The van der Waals surface area contributed by atoms with E-state index < -0.39 is 5.60 Å². The monoisotopic (exact) mass is 282 g/mol. The van der Waals surface area contributed by atoms with Crippen molar-refractivity contribution in [3.8, 4) is 0 Å². The molecule has 0 amide bonds. The third kappa shape index (κ3) is 2.69. The third-order valence-electron chi connectivity index (χ3n) is 3.61. The number of rotatable bonds is 2. The Morgan fingerprint density at radius 3 is 2.38 bits per heavy atom. The predicted octanol–water partition coefficient (Wildman–Crippen LogP) is 4.15. The van der Waals surface area contributed by atoms with Gasteiger partial charge in [0.1, 0.15) is 5.60 Å².